The second-order valence-corrected chi connectivity index (χ2v) is 13.0. The molecule has 5 atom stereocenters. The number of aryl methyl sites for hydroxylation is 1. The Morgan fingerprint density at radius 3 is 2.54 bits per heavy atom. The number of amides is 2. The minimum Gasteiger partial charge on any atom is -0.510 e. The lowest BCUT2D eigenvalue weighted by molar-refractivity contribution is -0.161. The van der Waals surface area contributed by atoms with Crippen LogP contribution in [0.15, 0.2) is 46.9 Å². The molecule has 2 amide bonds. The van der Waals surface area contributed by atoms with Gasteiger partial charge in [0.15, 0.2) is 11.4 Å². The van der Waals surface area contributed by atoms with Gasteiger partial charge in [-0.2, -0.15) is 0 Å². The third-order valence-corrected chi connectivity index (χ3v) is 9.83. The molecule has 0 radical (unpaired) electrons. The summed E-state index contributed by atoms with van der Waals surface area (Å²) in [6, 6.07) is 5.00. The number of nitrogens with one attached hydrogen (secondary N) is 2. The molecule has 264 valence electrons. The van der Waals surface area contributed by atoms with Crippen LogP contribution in [-0.2, 0) is 25.5 Å². The van der Waals surface area contributed by atoms with Crippen molar-refractivity contribution in [2.24, 2.45) is 17.6 Å². The van der Waals surface area contributed by atoms with Gasteiger partial charge in [0.05, 0.1) is 35.9 Å². The smallest absolute Gasteiger partial charge is 0.495 e. The second-order valence-electron chi connectivity index (χ2n) is 13.0. The van der Waals surface area contributed by atoms with Crippen molar-refractivity contribution >= 4 is 47.3 Å². The summed E-state index contributed by atoms with van der Waals surface area (Å²) in [6.45, 7) is 2.11. The number of carbonyl (C=O) groups is 4. The van der Waals surface area contributed by atoms with Gasteiger partial charge in [-0.3, -0.25) is 24.1 Å². The Morgan fingerprint density at radius 2 is 1.86 bits per heavy atom. The largest absolute Gasteiger partial charge is 0.510 e. The zero-order chi connectivity index (χ0) is 36.4. The monoisotopic (exact) mass is 692 g/mol. The van der Waals surface area contributed by atoms with Crippen LogP contribution in [0.25, 0.3) is 0 Å². The van der Waals surface area contributed by atoms with Crippen LogP contribution in [0, 0.1) is 18.8 Å². The van der Waals surface area contributed by atoms with E-state index in [4.69, 9.17) is 15.1 Å². The van der Waals surface area contributed by atoms with Crippen molar-refractivity contribution < 1.29 is 59.1 Å². The molecule has 16 nitrogen and oxygen atoms in total. The van der Waals surface area contributed by atoms with Crippen LogP contribution in [0.4, 0.5) is 11.4 Å². The number of aromatic hydroxyl groups is 1. The summed E-state index contributed by atoms with van der Waals surface area (Å²) in [7, 11) is 1.78. The number of anilines is 2. The van der Waals surface area contributed by atoms with Gasteiger partial charge in [0.1, 0.15) is 35.2 Å². The number of nitrogens with zero attached hydrogens (tertiary/aromatic N) is 1. The number of hydrogen-bond donors (Lipinski definition) is 9. The van der Waals surface area contributed by atoms with Gasteiger partial charge in [0.25, 0.3) is 5.91 Å². The molecule has 1 heterocycles. The zero-order valence-corrected chi connectivity index (χ0v) is 27.4. The van der Waals surface area contributed by atoms with Gasteiger partial charge in [-0.25, -0.2) is 0 Å². The molecule has 0 aromatic heterocycles. The fourth-order valence-electron chi connectivity index (χ4n) is 7.55. The third kappa shape index (κ3) is 5.38. The van der Waals surface area contributed by atoms with E-state index in [0.717, 1.165) is 0 Å². The van der Waals surface area contributed by atoms with Crippen LogP contribution < -0.4 is 26.6 Å². The molecule has 17 heteroatoms. The first kappa shape index (κ1) is 34.9. The number of aliphatic hydroxyl groups is 4. The van der Waals surface area contributed by atoms with Crippen molar-refractivity contribution in [2.45, 2.75) is 37.5 Å². The first-order chi connectivity index (χ1) is 23.6. The average molecular weight is 692 g/mol. The van der Waals surface area contributed by atoms with E-state index in [1.807, 2.05) is 0 Å². The van der Waals surface area contributed by atoms with Crippen LogP contribution >= 0.6 is 0 Å². The van der Waals surface area contributed by atoms with E-state index in [2.05, 4.69) is 10.6 Å². The van der Waals surface area contributed by atoms with Gasteiger partial charge in [-0.1, -0.05) is 12.1 Å². The van der Waals surface area contributed by atoms with E-state index >= 15 is 0 Å². The number of benzene rings is 2. The quantitative estimate of drug-likeness (QED) is 0.0952. The number of ether oxygens (including phenoxy) is 1. The number of primary amides is 1. The molecule has 10 N–H and O–H groups in total. The van der Waals surface area contributed by atoms with Crippen molar-refractivity contribution in [1.82, 2.24) is 4.90 Å². The summed E-state index contributed by atoms with van der Waals surface area (Å²) >= 11 is 0. The summed E-state index contributed by atoms with van der Waals surface area (Å²) < 4.78 is 10.8. The molecule has 0 saturated carbocycles. The van der Waals surface area contributed by atoms with Crippen LogP contribution in [0.3, 0.4) is 0 Å². The highest BCUT2D eigenvalue weighted by atomic mass is 16.6. The summed E-state index contributed by atoms with van der Waals surface area (Å²) in [5, 5.41) is 73.0. The first-order valence-corrected chi connectivity index (χ1v) is 15.9. The predicted molar refractivity (Wildman–Crippen MR) is 177 cm³/mol. The SMILES string of the molecule is Cc1cc2c(c(O)c1NCCC(=O)Nc1ccc3c(c1)OCCOB3O)C(=O)C1=C(O)[C@]3(O)C(=O)C(C(N)=O)=C(O)[C@@H](N(C)C)[C@@H]3[C@@H](O)[C@@H]1C2. The second kappa shape index (κ2) is 12.7. The van der Waals surface area contributed by atoms with E-state index in [1.165, 1.54) is 19.0 Å². The molecule has 0 bridgehead atoms. The van der Waals surface area contributed by atoms with Crippen LogP contribution in [0.5, 0.6) is 11.5 Å². The lowest BCUT2D eigenvalue weighted by atomic mass is 9.57. The number of likely N-dealkylation sites (N-methyl/N-ethyl adjacent to an activating group) is 1. The van der Waals surface area contributed by atoms with Crippen LogP contribution in [0.1, 0.15) is 27.9 Å². The number of fused-ring (bicyclic) bond motifs is 4. The molecule has 3 aliphatic carbocycles. The predicted octanol–water partition coefficient (Wildman–Crippen LogP) is -1.06. The Kier molecular flexibility index (Phi) is 8.90. The maximum atomic E-state index is 14.0. The topological polar surface area (TPSA) is 261 Å². The molecular weight excluding hydrogens is 655 g/mol. The van der Waals surface area contributed by atoms with E-state index < -0.39 is 88.5 Å². The van der Waals surface area contributed by atoms with Crippen molar-refractivity contribution in [3.8, 4) is 11.5 Å². The summed E-state index contributed by atoms with van der Waals surface area (Å²) in [6.07, 6.45) is -1.85. The Hall–Kier alpha value is -4.94. The van der Waals surface area contributed by atoms with Gasteiger partial charge in [0, 0.05) is 41.7 Å². The van der Waals surface area contributed by atoms with Crippen molar-refractivity contribution in [2.75, 3.05) is 44.5 Å². The van der Waals surface area contributed by atoms with Gasteiger partial charge in [-0.05, 0) is 44.6 Å². The Balaban J connectivity index is 1.26. The van der Waals surface area contributed by atoms with Gasteiger partial charge in [-0.15, -0.1) is 0 Å². The molecule has 0 spiro atoms. The number of phenols is 1. The highest BCUT2D eigenvalue weighted by Gasteiger charge is 2.66. The van der Waals surface area contributed by atoms with E-state index in [1.54, 1.807) is 31.2 Å². The number of hydrogen-bond acceptors (Lipinski definition) is 14. The molecule has 6 rings (SSSR count). The number of aliphatic hydroxyl groups excluding tert-OH is 3. The Bertz CT molecular complexity index is 1890. The molecule has 0 unspecified atom stereocenters. The molecule has 2 aromatic rings. The average Bonchev–Trinajstić information content (AvgIpc) is 3.22. The highest BCUT2D eigenvalue weighted by Crippen LogP contribution is 2.53. The molecule has 1 aliphatic heterocycles. The molecule has 2 aromatic carbocycles. The van der Waals surface area contributed by atoms with Crippen molar-refractivity contribution in [1.29, 1.82) is 0 Å². The maximum absolute atomic E-state index is 14.0. The number of phenolic OH excluding ortho intramolecular Hbond substituents is 1. The Morgan fingerprint density at radius 1 is 1.14 bits per heavy atom. The fourth-order valence-corrected chi connectivity index (χ4v) is 7.55. The first-order valence-electron chi connectivity index (χ1n) is 15.9. The lowest BCUT2D eigenvalue weighted by Gasteiger charge is -2.52. The van der Waals surface area contributed by atoms with E-state index in [0.29, 0.717) is 28.0 Å². The summed E-state index contributed by atoms with van der Waals surface area (Å²) in [5.41, 5.74) is 2.41. The normalized spacial score (nSPS) is 26.0. The maximum Gasteiger partial charge on any atom is 0.495 e. The van der Waals surface area contributed by atoms with Crippen molar-refractivity contribution in [3.05, 3.63) is 63.6 Å². The number of ketones is 2. The minimum atomic E-state index is -3.00. The molecule has 4 aliphatic rings. The molecule has 0 saturated heterocycles. The standard InChI is InChI=1S/C33H37BN4O12/c1-13-10-14-11-16-21(30(44)33(47)23(26(16)40)25(38(2)3)29(43)22(31(33)45)32(35)46)27(41)20(14)28(42)24(13)36-7-6-19(39)37-15-4-5-17-18(12-15)49-8-9-50-34(17)48/h4-5,10,12,16,23,25-26,36,40,42-44,47-48H,6-9,11H2,1-3H3,(H2,35,46)(H,37,39)/t16-,23-,25+,26+,33+/m1/s1. The lowest BCUT2D eigenvalue weighted by Crippen LogP contribution is -2.68. The van der Waals surface area contributed by atoms with Crippen molar-refractivity contribution in [3.63, 3.8) is 0 Å². The highest BCUT2D eigenvalue weighted by molar-refractivity contribution is 6.61. The van der Waals surface area contributed by atoms with E-state index in [-0.39, 0.29) is 43.9 Å². The Labute approximate surface area is 285 Å². The van der Waals surface area contributed by atoms with Gasteiger partial charge < -0.3 is 56.3 Å². The van der Waals surface area contributed by atoms with Crippen LogP contribution in [0.2, 0.25) is 0 Å². The number of carbonyl (C=O) groups excluding carboxylic acids is 4. The number of nitrogens with two attached hydrogens (primary N) is 1. The molecule has 0 fully saturated rings. The molecular formula is C33H37BN4O12. The van der Waals surface area contributed by atoms with E-state index in [9.17, 15) is 49.7 Å². The van der Waals surface area contributed by atoms with Gasteiger partial charge >= 0.3 is 7.12 Å². The van der Waals surface area contributed by atoms with Gasteiger partial charge in [0.2, 0.25) is 11.7 Å². The summed E-state index contributed by atoms with van der Waals surface area (Å²) in [5.74, 6) is -8.98. The van der Waals surface area contributed by atoms with Crippen LogP contribution in [-0.4, -0.2) is 118 Å². The molecule has 50 heavy (non-hydrogen) atoms. The number of Topliss-reactive ketones (excluding diaryl/α,β-unsaturated/α-hetero) is 2. The summed E-state index contributed by atoms with van der Waals surface area (Å²) in [4.78, 5) is 53.9. The third-order valence-electron chi connectivity index (χ3n) is 9.83. The number of rotatable bonds is 7. The zero-order valence-electron chi connectivity index (χ0n) is 27.4. The minimum absolute atomic E-state index is 0.0179. The fraction of sp³-hybridized carbons (Fsp3) is 0.394.